The molecule has 1 saturated heterocycles. The van der Waals surface area contributed by atoms with Crippen molar-refractivity contribution >= 4 is 29.3 Å². The van der Waals surface area contributed by atoms with Crippen molar-refractivity contribution in [3.63, 3.8) is 0 Å². The molecule has 2 aliphatic rings. The highest BCUT2D eigenvalue weighted by Gasteiger charge is 2.38. The highest BCUT2D eigenvalue weighted by atomic mass is 35.5. The molecule has 2 aromatic heterocycles. The average Bonchev–Trinajstić information content (AvgIpc) is 3.24. The summed E-state index contributed by atoms with van der Waals surface area (Å²) in [4.78, 5) is 22.8. The zero-order chi connectivity index (χ0) is 27.0. The van der Waals surface area contributed by atoms with Gasteiger partial charge in [0.05, 0.1) is 12.7 Å². The van der Waals surface area contributed by atoms with Crippen molar-refractivity contribution in [3.8, 4) is 0 Å². The number of aryl methyl sites for hydroxylation is 1. The second kappa shape index (κ2) is 10.5. The van der Waals surface area contributed by atoms with Crippen molar-refractivity contribution < 1.29 is 18.8 Å². The zero-order valence-electron chi connectivity index (χ0n) is 22.7. The van der Waals surface area contributed by atoms with Crippen LogP contribution in [0.15, 0.2) is 49.1 Å². The van der Waals surface area contributed by atoms with Crippen LogP contribution in [-0.4, -0.2) is 46.8 Å². The molecule has 2 atom stereocenters. The van der Waals surface area contributed by atoms with E-state index in [4.69, 9.17) is 26.1 Å². The third-order valence-electron chi connectivity index (χ3n) is 7.38. The molecular weight excluding hydrogens is 500 g/mol. The zero-order valence-corrected chi connectivity index (χ0v) is 23.5. The lowest BCUT2D eigenvalue weighted by Gasteiger charge is -2.37. The number of carbonyl (C=O) groups is 1. The molecule has 1 fully saturated rings. The monoisotopic (exact) mass is 535 g/mol. The second-order valence-corrected chi connectivity index (χ2v) is 11.7. The van der Waals surface area contributed by atoms with Gasteiger partial charge in [-0.15, -0.1) is 0 Å². The van der Waals surface area contributed by atoms with Crippen LogP contribution < -0.4 is 4.57 Å². The fourth-order valence-corrected chi connectivity index (χ4v) is 5.90. The molecule has 1 unspecified atom stereocenters. The number of carbonyl (C=O) groups excluding carboxylic acids is 1. The molecule has 38 heavy (non-hydrogen) atoms. The molecule has 1 aliphatic carbocycles. The van der Waals surface area contributed by atoms with Crippen molar-refractivity contribution in [3.05, 3.63) is 82.2 Å². The Hall–Kier alpha value is -3.16. The van der Waals surface area contributed by atoms with Gasteiger partial charge >= 0.3 is 6.09 Å². The van der Waals surface area contributed by atoms with Crippen molar-refractivity contribution in [2.45, 2.75) is 51.2 Å². The number of likely N-dealkylation sites (tertiary alicyclic amines) is 1. The summed E-state index contributed by atoms with van der Waals surface area (Å²) in [5.41, 5.74) is 5.87. The van der Waals surface area contributed by atoms with E-state index in [0.717, 1.165) is 40.9 Å². The smallest absolute Gasteiger partial charge is 0.410 e. The van der Waals surface area contributed by atoms with E-state index in [2.05, 4.69) is 23.2 Å². The molecule has 8 heteroatoms. The average molecular weight is 536 g/mol. The maximum atomic E-state index is 12.7. The second-order valence-electron chi connectivity index (χ2n) is 11.2. The molecular formula is C30H36ClN4O3+. The number of pyridine rings is 1. The summed E-state index contributed by atoms with van der Waals surface area (Å²) in [6.07, 6.45) is 9.18. The molecule has 1 N–H and O–H groups in total. The number of halogens is 1. The van der Waals surface area contributed by atoms with Crippen LogP contribution in [0.25, 0.3) is 11.6 Å². The molecule has 0 saturated carbocycles. The first-order chi connectivity index (χ1) is 18.1. The van der Waals surface area contributed by atoms with Gasteiger partial charge in [-0.05, 0) is 86.1 Å². The molecule has 3 aromatic rings. The molecule has 3 heterocycles. The van der Waals surface area contributed by atoms with E-state index >= 15 is 0 Å². The summed E-state index contributed by atoms with van der Waals surface area (Å²) in [5, 5.41) is 0.680. The fraction of sp³-hybridized carbons (Fsp3) is 0.433. The van der Waals surface area contributed by atoms with Crippen LogP contribution in [0, 0.1) is 5.92 Å². The van der Waals surface area contributed by atoms with Gasteiger partial charge in [-0.2, -0.15) is 0 Å². The van der Waals surface area contributed by atoms with Crippen LogP contribution in [0.4, 0.5) is 4.79 Å². The molecule has 7 nitrogen and oxygen atoms in total. The number of H-pyrrole nitrogens is 1. The maximum absolute atomic E-state index is 12.7. The van der Waals surface area contributed by atoms with E-state index in [1.54, 1.807) is 7.11 Å². The summed E-state index contributed by atoms with van der Waals surface area (Å²) in [6.45, 7) is 7.01. The van der Waals surface area contributed by atoms with E-state index in [1.807, 2.05) is 74.2 Å². The molecule has 0 spiro atoms. The van der Waals surface area contributed by atoms with Gasteiger partial charge in [-0.25, -0.2) is 14.3 Å². The van der Waals surface area contributed by atoms with Gasteiger partial charge in [0.25, 0.3) is 0 Å². The van der Waals surface area contributed by atoms with Crippen molar-refractivity contribution in [1.82, 2.24) is 14.9 Å². The third kappa shape index (κ3) is 5.36. The summed E-state index contributed by atoms with van der Waals surface area (Å²) in [5.74, 6) is 0.365. The van der Waals surface area contributed by atoms with E-state index in [-0.39, 0.29) is 18.1 Å². The number of imidazole rings is 1. The number of nitrogens with zero attached hydrogens (tertiary/aromatic N) is 3. The normalized spacial score (nSPS) is 18.7. The van der Waals surface area contributed by atoms with Crippen LogP contribution in [-0.2, 0) is 16.5 Å². The Balaban J connectivity index is 1.55. The highest BCUT2D eigenvalue weighted by Crippen LogP contribution is 2.47. The maximum Gasteiger partial charge on any atom is 0.410 e. The molecule has 1 aromatic carbocycles. The van der Waals surface area contributed by atoms with Crippen molar-refractivity contribution in [2.24, 2.45) is 13.0 Å². The third-order valence-corrected chi connectivity index (χ3v) is 7.61. The number of rotatable bonds is 4. The number of hydrogen-bond acceptors (Lipinski definition) is 4. The number of benzene rings is 1. The van der Waals surface area contributed by atoms with Crippen LogP contribution in [0.2, 0.25) is 5.02 Å². The van der Waals surface area contributed by atoms with Crippen molar-refractivity contribution in [1.29, 1.82) is 0 Å². The Bertz CT molecular complexity index is 1350. The first kappa shape index (κ1) is 26.4. The lowest BCUT2D eigenvalue weighted by molar-refractivity contribution is -0.670. The van der Waals surface area contributed by atoms with Gasteiger partial charge in [-0.3, -0.25) is 4.98 Å². The van der Waals surface area contributed by atoms with Crippen LogP contribution in [0.3, 0.4) is 0 Å². The van der Waals surface area contributed by atoms with Gasteiger partial charge in [0.2, 0.25) is 6.33 Å². The first-order valence-electron chi connectivity index (χ1n) is 13.1. The Morgan fingerprint density at radius 1 is 1.24 bits per heavy atom. The predicted octanol–water partition coefficient (Wildman–Crippen LogP) is 5.91. The lowest BCUT2D eigenvalue weighted by Crippen LogP contribution is -2.42. The van der Waals surface area contributed by atoms with Crippen LogP contribution >= 0.6 is 11.6 Å². The molecule has 0 bridgehead atoms. The van der Waals surface area contributed by atoms with E-state index in [9.17, 15) is 4.79 Å². The largest absolute Gasteiger partial charge is 0.444 e. The molecule has 200 valence electrons. The number of nitrogens with one attached hydrogen (secondary N) is 1. The minimum absolute atomic E-state index is 0.0604. The molecule has 5 rings (SSSR count). The number of hydrogen-bond donors (Lipinski definition) is 1. The van der Waals surface area contributed by atoms with E-state index < -0.39 is 5.60 Å². The lowest BCUT2D eigenvalue weighted by atomic mass is 9.76. The van der Waals surface area contributed by atoms with Gasteiger partial charge in [-0.1, -0.05) is 23.7 Å². The van der Waals surface area contributed by atoms with Crippen LogP contribution in [0.5, 0.6) is 0 Å². The summed E-state index contributed by atoms with van der Waals surface area (Å²) >= 11 is 6.59. The van der Waals surface area contributed by atoms with E-state index in [0.29, 0.717) is 24.0 Å². The number of fused-ring (bicyclic) bond motifs is 2. The minimum Gasteiger partial charge on any atom is -0.444 e. The van der Waals surface area contributed by atoms with Gasteiger partial charge < -0.3 is 14.4 Å². The number of aromatic amines is 1. The predicted molar refractivity (Wildman–Crippen MR) is 148 cm³/mol. The summed E-state index contributed by atoms with van der Waals surface area (Å²) in [7, 11) is 3.72. The van der Waals surface area contributed by atoms with Crippen molar-refractivity contribution in [2.75, 3.05) is 20.2 Å². The Morgan fingerprint density at radius 3 is 2.66 bits per heavy atom. The SMILES string of the molecule is COC(C1=Cc2cccnc2[C@@H](C2CCN(C(=O)OC(C)(C)C)CC2)c2ccc(Cl)cc21)c1c[n+](C)c[nH]1. The van der Waals surface area contributed by atoms with E-state index in [1.165, 1.54) is 5.56 Å². The number of aromatic nitrogens is 3. The number of methoxy groups -OCH3 is 1. The fourth-order valence-electron chi connectivity index (χ4n) is 5.73. The first-order valence-corrected chi connectivity index (χ1v) is 13.5. The van der Waals surface area contributed by atoms with Gasteiger partial charge in [0, 0.05) is 37.3 Å². The summed E-state index contributed by atoms with van der Waals surface area (Å²) < 4.78 is 13.7. The Kier molecular flexibility index (Phi) is 7.34. The van der Waals surface area contributed by atoms with Gasteiger partial charge in [0.1, 0.15) is 17.9 Å². The number of ether oxygens (including phenoxy) is 2. The minimum atomic E-state index is -0.508. The highest BCUT2D eigenvalue weighted by molar-refractivity contribution is 6.30. The van der Waals surface area contributed by atoms with Gasteiger partial charge in [0.15, 0.2) is 5.69 Å². The standard InChI is InChI=1S/C30H35ClN4O3/c1-30(2,3)38-29(36)35-13-10-19(11-14-35)26-22-9-8-21(31)16-23(22)24(15-20-7-6-12-32-27(20)26)28(37-5)25-17-34(4)18-33-25/h6-9,12,15-19,26,28H,10-11,13-14H2,1-5H3/p+1/t26-,28?/m0/s1. The number of amides is 1. The Morgan fingerprint density at radius 2 is 2.00 bits per heavy atom. The molecule has 0 radical (unpaired) electrons. The topological polar surface area (TPSA) is 71.3 Å². The Labute approximate surface area is 229 Å². The molecule has 1 amide bonds. The summed E-state index contributed by atoms with van der Waals surface area (Å²) in [6, 6.07) is 10.3. The molecule has 1 aliphatic heterocycles. The number of piperidine rings is 1. The van der Waals surface area contributed by atoms with Crippen LogP contribution in [0.1, 0.15) is 73.7 Å². The quantitative estimate of drug-likeness (QED) is 0.422.